The molecule has 0 aromatic carbocycles. The first kappa shape index (κ1) is 27.3. The van der Waals surface area contributed by atoms with Crippen LogP contribution in [0.2, 0.25) is 0 Å². The zero-order valence-corrected chi connectivity index (χ0v) is 22.8. The largest absolute Gasteiger partial charge is 0.393 e. The fourth-order valence-electron chi connectivity index (χ4n) is 9.48. The Balaban J connectivity index is 1.42. The molecular weight excluding hydrogens is 466 g/mol. The molecule has 0 bridgehead atoms. The highest BCUT2D eigenvalue weighted by Gasteiger charge is 2.62. The number of aliphatic hydroxyl groups excluding tert-OH is 2. The van der Waals surface area contributed by atoms with E-state index >= 15 is 0 Å². The van der Waals surface area contributed by atoms with Gasteiger partial charge in [0.05, 0.1) is 18.0 Å². The van der Waals surface area contributed by atoms with Crippen LogP contribution in [0, 0.1) is 52.3 Å². The summed E-state index contributed by atoms with van der Waals surface area (Å²) in [7, 11) is -4.08. The minimum Gasteiger partial charge on any atom is -0.393 e. The summed E-state index contributed by atoms with van der Waals surface area (Å²) in [5.41, 5.74) is 0.392. The van der Waals surface area contributed by atoms with Crippen LogP contribution in [0.5, 0.6) is 0 Å². The number of nitrogens with one attached hydrogen (secondary N) is 1. The molecule has 4 aliphatic carbocycles. The van der Waals surface area contributed by atoms with Crippen molar-refractivity contribution in [2.75, 3.05) is 12.3 Å². The molecule has 0 aliphatic heterocycles. The van der Waals surface area contributed by atoms with Gasteiger partial charge >= 0.3 is 0 Å². The molecule has 4 saturated carbocycles. The molecule has 0 radical (unpaired) electrons. The van der Waals surface area contributed by atoms with E-state index in [2.05, 4.69) is 26.1 Å². The first-order valence-electron chi connectivity index (χ1n) is 13.8. The van der Waals surface area contributed by atoms with Gasteiger partial charge in [0.1, 0.15) is 0 Å². The Morgan fingerprint density at radius 2 is 1.66 bits per heavy atom. The summed E-state index contributed by atoms with van der Waals surface area (Å²) >= 11 is 0. The fourth-order valence-corrected chi connectivity index (χ4v) is 9.84. The number of aliphatic hydroxyl groups is 2. The number of carbonyl (C=O) groups is 1. The maximum atomic E-state index is 12.5. The van der Waals surface area contributed by atoms with E-state index in [4.69, 9.17) is 4.55 Å². The van der Waals surface area contributed by atoms with Crippen LogP contribution in [0.15, 0.2) is 0 Å². The predicted octanol–water partition coefficient (Wildman–Crippen LogP) is 3.64. The van der Waals surface area contributed by atoms with Crippen molar-refractivity contribution < 1.29 is 28.0 Å². The molecule has 4 aliphatic rings. The number of amides is 1. The summed E-state index contributed by atoms with van der Waals surface area (Å²) in [6, 6.07) is 0. The van der Waals surface area contributed by atoms with Crippen LogP contribution in [-0.4, -0.2) is 53.6 Å². The van der Waals surface area contributed by atoms with E-state index in [1.807, 2.05) is 6.92 Å². The van der Waals surface area contributed by atoms with Gasteiger partial charge in [-0.2, -0.15) is 8.42 Å². The molecule has 7 nitrogen and oxygen atoms in total. The third kappa shape index (κ3) is 5.19. The van der Waals surface area contributed by atoms with Crippen LogP contribution < -0.4 is 5.32 Å². The van der Waals surface area contributed by atoms with Crippen molar-refractivity contribution in [1.82, 2.24) is 5.32 Å². The second-order valence-electron chi connectivity index (χ2n) is 13.1. The lowest BCUT2D eigenvalue weighted by Gasteiger charge is -2.62. The normalized spacial score (nSPS) is 45.1. The van der Waals surface area contributed by atoms with Crippen molar-refractivity contribution in [2.24, 2.45) is 52.3 Å². The van der Waals surface area contributed by atoms with Crippen LogP contribution >= 0.6 is 0 Å². The molecule has 4 N–H and O–H groups in total. The Bertz CT molecular complexity index is 894. The Morgan fingerprint density at radius 3 is 2.34 bits per heavy atom. The minimum atomic E-state index is -4.08. The second-order valence-corrected chi connectivity index (χ2v) is 14.7. The van der Waals surface area contributed by atoms with Gasteiger partial charge in [0.15, 0.2) is 0 Å². The van der Waals surface area contributed by atoms with E-state index in [9.17, 15) is 23.4 Å². The van der Waals surface area contributed by atoms with E-state index in [0.29, 0.717) is 35.5 Å². The minimum absolute atomic E-state index is 0.0721. The number of hydrogen-bond acceptors (Lipinski definition) is 5. The molecule has 0 aromatic rings. The molecule has 8 heteroatoms. The Morgan fingerprint density at radius 1 is 1.00 bits per heavy atom. The third-order valence-corrected chi connectivity index (χ3v) is 12.0. The quantitative estimate of drug-likeness (QED) is 0.385. The van der Waals surface area contributed by atoms with Crippen molar-refractivity contribution in [1.29, 1.82) is 0 Å². The van der Waals surface area contributed by atoms with Gasteiger partial charge < -0.3 is 15.5 Å². The first-order chi connectivity index (χ1) is 16.3. The average molecular weight is 514 g/mol. The molecule has 0 aromatic heterocycles. The average Bonchev–Trinajstić information content (AvgIpc) is 3.11. The highest BCUT2D eigenvalue weighted by molar-refractivity contribution is 7.85. The SMILES string of the molecule is CC(C[C@@H](C)[C@H]1CCC2C3C(CC[C@@]21C)[C@@]1(C)CC[C@@H](O)CC1C[C@@H]3O)C(=O)NCCS(=O)(=O)O. The molecule has 1 amide bonds. The second kappa shape index (κ2) is 9.88. The monoisotopic (exact) mass is 513 g/mol. The van der Waals surface area contributed by atoms with Gasteiger partial charge in [-0.1, -0.05) is 27.7 Å². The zero-order valence-electron chi connectivity index (χ0n) is 21.9. The van der Waals surface area contributed by atoms with Gasteiger partial charge in [-0.15, -0.1) is 0 Å². The van der Waals surface area contributed by atoms with E-state index in [1.54, 1.807) is 0 Å². The van der Waals surface area contributed by atoms with Crippen molar-refractivity contribution in [3.8, 4) is 0 Å². The molecule has 5 unspecified atom stereocenters. The lowest BCUT2D eigenvalue weighted by Crippen LogP contribution is -2.58. The fraction of sp³-hybridized carbons (Fsp3) is 0.963. The van der Waals surface area contributed by atoms with Crippen LogP contribution in [0.4, 0.5) is 0 Å². The topological polar surface area (TPSA) is 124 Å². The highest BCUT2D eigenvalue weighted by Crippen LogP contribution is 2.68. The Hall–Kier alpha value is -0.700. The van der Waals surface area contributed by atoms with Gasteiger partial charge in [-0.3, -0.25) is 9.35 Å². The van der Waals surface area contributed by atoms with Crippen molar-refractivity contribution in [2.45, 2.75) is 97.7 Å². The van der Waals surface area contributed by atoms with Gasteiger partial charge in [0.25, 0.3) is 10.1 Å². The lowest BCUT2D eigenvalue weighted by molar-refractivity contribution is -0.174. The van der Waals surface area contributed by atoms with Crippen molar-refractivity contribution >= 4 is 16.0 Å². The number of carbonyl (C=O) groups excluding carboxylic acids is 1. The zero-order chi connectivity index (χ0) is 25.8. The van der Waals surface area contributed by atoms with Crippen LogP contribution in [-0.2, 0) is 14.9 Å². The van der Waals surface area contributed by atoms with Gasteiger partial charge in [0.2, 0.25) is 5.91 Å². The summed E-state index contributed by atoms with van der Waals surface area (Å²) in [5.74, 6) is 1.81. The summed E-state index contributed by atoms with van der Waals surface area (Å²) in [4.78, 5) is 12.5. The van der Waals surface area contributed by atoms with Crippen molar-refractivity contribution in [3.63, 3.8) is 0 Å². The van der Waals surface area contributed by atoms with Crippen LogP contribution in [0.25, 0.3) is 0 Å². The van der Waals surface area contributed by atoms with E-state index in [0.717, 1.165) is 51.4 Å². The van der Waals surface area contributed by atoms with Gasteiger partial charge in [-0.05, 0) is 104 Å². The molecule has 0 heterocycles. The van der Waals surface area contributed by atoms with E-state index in [-0.39, 0.29) is 41.4 Å². The molecule has 4 rings (SSSR count). The maximum Gasteiger partial charge on any atom is 0.266 e. The summed E-state index contributed by atoms with van der Waals surface area (Å²) in [5, 5.41) is 24.3. The highest BCUT2D eigenvalue weighted by atomic mass is 32.2. The molecule has 0 spiro atoms. The molecule has 11 atom stereocenters. The maximum absolute atomic E-state index is 12.5. The Labute approximate surface area is 211 Å². The summed E-state index contributed by atoms with van der Waals surface area (Å²) in [6.45, 7) is 8.95. The van der Waals surface area contributed by atoms with Crippen LogP contribution in [0.1, 0.15) is 85.5 Å². The number of fused-ring (bicyclic) bond motifs is 5. The summed E-state index contributed by atoms with van der Waals surface area (Å²) < 4.78 is 30.7. The number of rotatable bonds is 7. The lowest BCUT2D eigenvalue weighted by atomic mass is 9.43. The smallest absolute Gasteiger partial charge is 0.266 e. The van der Waals surface area contributed by atoms with Gasteiger partial charge in [0, 0.05) is 12.5 Å². The first-order valence-corrected chi connectivity index (χ1v) is 15.5. The summed E-state index contributed by atoms with van der Waals surface area (Å²) in [6.07, 6.45) is 8.45. The molecule has 202 valence electrons. The van der Waals surface area contributed by atoms with E-state index in [1.165, 1.54) is 6.42 Å². The number of hydrogen-bond donors (Lipinski definition) is 4. The van der Waals surface area contributed by atoms with Crippen molar-refractivity contribution in [3.05, 3.63) is 0 Å². The standard InChI is InChI=1S/C27H47NO6S/c1-16(13-17(2)25(31)28-11-12-35(32,33)34)20-5-6-21-24-22(8-10-27(20,21)4)26(3)9-7-19(29)14-18(26)15-23(24)30/h16-24,29-30H,5-15H2,1-4H3,(H,28,31)(H,32,33,34)/t16-,17?,18?,19-,20-,21?,22?,23+,24?,26+,27-/m1/s1. The third-order valence-electron chi connectivity index (χ3n) is 11.2. The molecule has 4 fully saturated rings. The molecule has 35 heavy (non-hydrogen) atoms. The molecule has 0 saturated heterocycles. The van der Waals surface area contributed by atoms with Crippen LogP contribution in [0.3, 0.4) is 0 Å². The van der Waals surface area contributed by atoms with E-state index < -0.39 is 15.9 Å². The van der Waals surface area contributed by atoms with Gasteiger partial charge in [-0.25, -0.2) is 0 Å². The Kier molecular flexibility index (Phi) is 7.72. The predicted molar refractivity (Wildman–Crippen MR) is 135 cm³/mol. The molecular formula is C27H47NO6S.